The number of carbonyl (C=O) groups is 2. The molecule has 1 aliphatic carbocycles. The van der Waals surface area contributed by atoms with E-state index in [2.05, 4.69) is 10.2 Å². The van der Waals surface area contributed by atoms with Crippen LogP contribution in [-0.4, -0.2) is 54.9 Å². The smallest absolute Gasteiger partial charge is 0.254 e. The Morgan fingerprint density at radius 1 is 1.00 bits per heavy atom. The molecule has 42 heavy (non-hydrogen) atoms. The second kappa shape index (κ2) is 11.7. The lowest BCUT2D eigenvalue weighted by molar-refractivity contribution is 0.0713. The summed E-state index contributed by atoms with van der Waals surface area (Å²) in [4.78, 5) is 30.8. The zero-order valence-electron chi connectivity index (χ0n) is 23.6. The van der Waals surface area contributed by atoms with Gasteiger partial charge in [-0.25, -0.2) is 8.78 Å². The van der Waals surface area contributed by atoms with Gasteiger partial charge in [0, 0.05) is 30.2 Å². The lowest BCUT2D eigenvalue weighted by Crippen LogP contribution is -2.42. The summed E-state index contributed by atoms with van der Waals surface area (Å²) < 4.78 is 33.4. The molecule has 220 valence electrons. The van der Waals surface area contributed by atoms with Crippen LogP contribution in [0.5, 0.6) is 5.75 Å². The van der Waals surface area contributed by atoms with Crippen molar-refractivity contribution < 1.29 is 23.1 Å². The Labute approximate surface area is 249 Å². The van der Waals surface area contributed by atoms with E-state index in [9.17, 15) is 18.4 Å². The standard InChI is InChI=1S/C33H34ClF2N3O3/c1-42-30-9-2-21(16-28(30)36)19-38-13-10-33(11-14-38)12-15-39(20-33)32(41)23-4-3-22-5-8-29(25(22)17-23)37-31(40)26-18-24(34)6-7-27(26)35/h2-4,6-7,9,16-18,29H,5,8,10-15,19-20H2,1H3,(H,37,40). The van der Waals surface area contributed by atoms with E-state index in [0.717, 1.165) is 62.0 Å². The molecule has 3 aromatic rings. The zero-order valence-corrected chi connectivity index (χ0v) is 24.4. The number of rotatable bonds is 6. The van der Waals surface area contributed by atoms with Crippen molar-refractivity contribution in [1.82, 2.24) is 15.1 Å². The Bertz CT molecular complexity index is 1520. The third kappa shape index (κ3) is 5.75. The summed E-state index contributed by atoms with van der Waals surface area (Å²) in [5, 5.41) is 3.23. The molecule has 1 atom stereocenters. The highest BCUT2D eigenvalue weighted by Gasteiger charge is 2.42. The summed E-state index contributed by atoms with van der Waals surface area (Å²) in [6, 6.07) is 14.5. The number of hydrogen-bond acceptors (Lipinski definition) is 4. The molecule has 3 aliphatic rings. The number of methoxy groups -OCH3 is 1. The maximum absolute atomic E-state index is 14.3. The van der Waals surface area contributed by atoms with Gasteiger partial charge in [0.2, 0.25) is 0 Å². The van der Waals surface area contributed by atoms with Crippen LogP contribution in [0.2, 0.25) is 5.02 Å². The number of nitrogens with zero attached hydrogens (tertiary/aromatic N) is 2. The highest BCUT2D eigenvalue weighted by atomic mass is 35.5. The molecule has 0 saturated carbocycles. The molecule has 2 heterocycles. The van der Waals surface area contributed by atoms with Gasteiger partial charge in [0.15, 0.2) is 11.6 Å². The number of piperidine rings is 1. The fraction of sp³-hybridized carbons (Fsp3) is 0.394. The molecule has 1 unspecified atom stereocenters. The molecule has 2 aliphatic heterocycles. The number of benzene rings is 3. The van der Waals surface area contributed by atoms with E-state index in [1.807, 2.05) is 29.2 Å². The normalized spacial score (nSPS) is 19.6. The third-order valence-electron chi connectivity index (χ3n) is 9.21. The average molecular weight is 594 g/mol. The minimum Gasteiger partial charge on any atom is -0.494 e. The number of ether oxygens (including phenoxy) is 1. The van der Waals surface area contributed by atoms with Crippen molar-refractivity contribution in [1.29, 1.82) is 0 Å². The monoisotopic (exact) mass is 593 g/mol. The predicted molar refractivity (Wildman–Crippen MR) is 157 cm³/mol. The summed E-state index contributed by atoms with van der Waals surface area (Å²) in [5.41, 5.74) is 3.55. The SMILES string of the molecule is COc1ccc(CN2CCC3(CC2)CCN(C(=O)c2ccc4c(c2)C(NC(=O)c2cc(Cl)ccc2F)CC4)C3)cc1F. The number of amides is 2. The molecule has 2 saturated heterocycles. The summed E-state index contributed by atoms with van der Waals surface area (Å²) in [6.45, 7) is 3.94. The van der Waals surface area contributed by atoms with E-state index in [-0.39, 0.29) is 34.5 Å². The van der Waals surface area contributed by atoms with Crippen LogP contribution < -0.4 is 10.1 Å². The van der Waals surface area contributed by atoms with E-state index < -0.39 is 11.7 Å². The fourth-order valence-corrected chi connectivity index (χ4v) is 6.92. The number of halogens is 3. The molecule has 3 aromatic carbocycles. The first kappa shape index (κ1) is 28.6. The Morgan fingerprint density at radius 2 is 1.79 bits per heavy atom. The van der Waals surface area contributed by atoms with Crippen LogP contribution in [0.15, 0.2) is 54.6 Å². The van der Waals surface area contributed by atoms with Gasteiger partial charge in [0.05, 0.1) is 18.7 Å². The van der Waals surface area contributed by atoms with E-state index >= 15 is 0 Å². The van der Waals surface area contributed by atoms with E-state index in [4.69, 9.17) is 16.3 Å². The lowest BCUT2D eigenvalue weighted by atomic mass is 9.77. The zero-order chi connectivity index (χ0) is 29.4. The predicted octanol–water partition coefficient (Wildman–Crippen LogP) is 6.17. The van der Waals surface area contributed by atoms with E-state index in [0.29, 0.717) is 30.1 Å². The van der Waals surface area contributed by atoms with Crippen LogP contribution in [0, 0.1) is 17.0 Å². The Morgan fingerprint density at radius 3 is 2.55 bits per heavy atom. The van der Waals surface area contributed by atoms with Gasteiger partial charge >= 0.3 is 0 Å². The van der Waals surface area contributed by atoms with E-state index in [1.54, 1.807) is 12.1 Å². The molecule has 1 spiro atoms. The van der Waals surface area contributed by atoms with Crippen molar-refractivity contribution in [3.05, 3.63) is 99.1 Å². The van der Waals surface area contributed by atoms with Gasteiger partial charge in [-0.05, 0) is 110 Å². The topological polar surface area (TPSA) is 61.9 Å². The second-order valence-electron chi connectivity index (χ2n) is 11.8. The third-order valence-corrected chi connectivity index (χ3v) is 9.45. The summed E-state index contributed by atoms with van der Waals surface area (Å²) in [5.74, 6) is -1.23. The number of hydrogen-bond donors (Lipinski definition) is 1. The van der Waals surface area contributed by atoms with Gasteiger partial charge in [-0.1, -0.05) is 23.7 Å². The molecule has 1 N–H and O–H groups in total. The van der Waals surface area contributed by atoms with Gasteiger partial charge in [-0.15, -0.1) is 0 Å². The van der Waals surface area contributed by atoms with Gasteiger partial charge in [0.25, 0.3) is 11.8 Å². The number of likely N-dealkylation sites (tertiary alicyclic amines) is 2. The molecule has 0 bridgehead atoms. The molecular weight excluding hydrogens is 560 g/mol. The molecule has 9 heteroatoms. The average Bonchev–Trinajstić information content (AvgIpc) is 3.59. The van der Waals surface area contributed by atoms with Gasteiger partial charge in [-0.2, -0.15) is 0 Å². The molecular formula is C33H34ClF2N3O3. The number of carbonyl (C=O) groups excluding carboxylic acids is 2. The highest BCUT2D eigenvalue weighted by Crippen LogP contribution is 2.41. The fourth-order valence-electron chi connectivity index (χ4n) is 6.74. The molecule has 2 fully saturated rings. The number of aryl methyl sites for hydroxylation is 1. The maximum Gasteiger partial charge on any atom is 0.254 e. The molecule has 6 nitrogen and oxygen atoms in total. The summed E-state index contributed by atoms with van der Waals surface area (Å²) >= 11 is 5.98. The number of fused-ring (bicyclic) bond motifs is 1. The van der Waals surface area contributed by atoms with Gasteiger partial charge in [-0.3, -0.25) is 14.5 Å². The quantitative estimate of drug-likeness (QED) is 0.371. The number of nitrogens with one attached hydrogen (secondary N) is 1. The Balaban J connectivity index is 1.07. The van der Waals surface area contributed by atoms with Crippen LogP contribution in [0.1, 0.15) is 69.1 Å². The molecule has 2 amide bonds. The van der Waals surface area contributed by atoms with Crippen LogP contribution in [0.3, 0.4) is 0 Å². The van der Waals surface area contributed by atoms with Crippen molar-refractivity contribution in [3.8, 4) is 5.75 Å². The first-order valence-corrected chi connectivity index (χ1v) is 14.8. The molecule has 0 aromatic heterocycles. The van der Waals surface area contributed by atoms with Crippen LogP contribution >= 0.6 is 11.6 Å². The van der Waals surface area contributed by atoms with Crippen LogP contribution in [0.4, 0.5) is 8.78 Å². The van der Waals surface area contributed by atoms with Crippen LogP contribution in [0.25, 0.3) is 0 Å². The first-order valence-electron chi connectivity index (χ1n) is 14.5. The first-order chi connectivity index (χ1) is 20.2. The minimum atomic E-state index is -0.623. The van der Waals surface area contributed by atoms with Crippen molar-refractivity contribution in [2.75, 3.05) is 33.3 Å². The van der Waals surface area contributed by atoms with Crippen LogP contribution in [-0.2, 0) is 13.0 Å². The Hall–Kier alpha value is -3.49. The summed E-state index contributed by atoms with van der Waals surface area (Å²) in [7, 11) is 1.46. The largest absolute Gasteiger partial charge is 0.494 e. The van der Waals surface area contributed by atoms with Crippen molar-refractivity contribution in [2.24, 2.45) is 5.41 Å². The summed E-state index contributed by atoms with van der Waals surface area (Å²) in [6.07, 6.45) is 4.42. The highest BCUT2D eigenvalue weighted by molar-refractivity contribution is 6.31. The minimum absolute atomic E-state index is 0.00340. The lowest BCUT2D eigenvalue weighted by Gasteiger charge is -2.39. The van der Waals surface area contributed by atoms with Crippen molar-refractivity contribution >= 4 is 23.4 Å². The maximum atomic E-state index is 14.3. The van der Waals surface area contributed by atoms with Crippen molar-refractivity contribution in [3.63, 3.8) is 0 Å². The van der Waals surface area contributed by atoms with Gasteiger partial charge in [0.1, 0.15) is 5.82 Å². The molecule has 0 radical (unpaired) electrons. The van der Waals surface area contributed by atoms with E-state index in [1.165, 1.54) is 25.3 Å². The van der Waals surface area contributed by atoms with Crippen molar-refractivity contribution in [2.45, 2.75) is 44.7 Å². The Kier molecular flexibility index (Phi) is 7.94. The second-order valence-corrected chi connectivity index (χ2v) is 12.3. The molecule has 6 rings (SSSR count). The van der Waals surface area contributed by atoms with Gasteiger partial charge < -0.3 is 15.0 Å².